The number of benzene rings is 1. The zero-order valence-electron chi connectivity index (χ0n) is 14.2. The van der Waals surface area contributed by atoms with Crippen LogP contribution in [0.3, 0.4) is 0 Å². The average molecular weight is 338 g/mol. The predicted octanol–water partition coefficient (Wildman–Crippen LogP) is 2.37. The maximum absolute atomic E-state index is 12.6. The summed E-state index contributed by atoms with van der Waals surface area (Å²) in [6.45, 7) is 3.31. The van der Waals surface area contributed by atoms with Crippen molar-refractivity contribution in [3.63, 3.8) is 0 Å². The van der Waals surface area contributed by atoms with Crippen molar-refractivity contribution in [3.8, 4) is 5.75 Å². The Balaban J connectivity index is 1.36. The molecule has 2 aliphatic heterocycles. The smallest absolute Gasteiger partial charge is 0.274 e. The molecule has 0 unspecified atom stereocenters. The second-order valence-corrected chi connectivity index (χ2v) is 6.56. The molecule has 0 saturated carbocycles. The molecular weight excluding hydrogens is 316 g/mol. The van der Waals surface area contributed by atoms with Crippen LogP contribution in [0.2, 0.25) is 0 Å². The van der Waals surface area contributed by atoms with Crippen LogP contribution < -0.4 is 9.64 Å². The third-order valence-corrected chi connectivity index (χ3v) is 4.78. The molecule has 1 amide bonds. The SMILES string of the molecule is O=C(c1ccc(N2CCCC2)nn1)N1CC[C@H](Oc2ccccc2)C1. The normalized spacial score (nSPS) is 20.1. The minimum atomic E-state index is -0.0698. The largest absolute Gasteiger partial charge is 0.489 e. The average Bonchev–Trinajstić information content (AvgIpc) is 3.34. The van der Waals surface area contributed by atoms with Crippen molar-refractivity contribution < 1.29 is 9.53 Å². The van der Waals surface area contributed by atoms with Crippen LogP contribution in [-0.4, -0.2) is 53.3 Å². The number of ether oxygens (including phenoxy) is 1. The highest BCUT2D eigenvalue weighted by atomic mass is 16.5. The first kappa shape index (κ1) is 15.9. The molecule has 0 radical (unpaired) electrons. The summed E-state index contributed by atoms with van der Waals surface area (Å²) in [5, 5.41) is 8.39. The molecule has 2 aromatic rings. The van der Waals surface area contributed by atoms with E-state index < -0.39 is 0 Å². The van der Waals surface area contributed by atoms with Gasteiger partial charge in [0.2, 0.25) is 0 Å². The van der Waals surface area contributed by atoms with Crippen molar-refractivity contribution >= 4 is 11.7 Å². The van der Waals surface area contributed by atoms with Gasteiger partial charge in [-0.3, -0.25) is 4.79 Å². The number of carbonyl (C=O) groups is 1. The van der Waals surface area contributed by atoms with Gasteiger partial charge in [-0.1, -0.05) is 18.2 Å². The van der Waals surface area contributed by atoms with Crippen LogP contribution in [0, 0.1) is 0 Å². The van der Waals surface area contributed by atoms with E-state index in [-0.39, 0.29) is 12.0 Å². The van der Waals surface area contributed by atoms with Crippen molar-refractivity contribution in [2.75, 3.05) is 31.1 Å². The minimum Gasteiger partial charge on any atom is -0.489 e. The molecule has 6 heteroatoms. The standard InChI is InChI=1S/C19H22N4O2/c24-19(17-8-9-18(21-20-17)22-11-4-5-12-22)23-13-10-16(14-23)25-15-6-2-1-3-7-15/h1-3,6-9,16H,4-5,10-14H2/t16-/m0/s1. The molecule has 0 bridgehead atoms. The van der Waals surface area contributed by atoms with Crippen molar-refractivity contribution in [1.82, 2.24) is 15.1 Å². The molecule has 1 aromatic heterocycles. The number of carbonyl (C=O) groups excluding carboxylic acids is 1. The monoisotopic (exact) mass is 338 g/mol. The van der Waals surface area contributed by atoms with Gasteiger partial charge in [0.15, 0.2) is 11.5 Å². The first-order chi connectivity index (χ1) is 12.3. The van der Waals surface area contributed by atoms with Gasteiger partial charge in [-0.2, -0.15) is 0 Å². The molecule has 2 fully saturated rings. The van der Waals surface area contributed by atoms with Crippen molar-refractivity contribution in [1.29, 1.82) is 0 Å². The third-order valence-electron chi connectivity index (χ3n) is 4.78. The van der Waals surface area contributed by atoms with E-state index in [1.165, 1.54) is 12.8 Å². The van der Waals surface area contributed by atoms with Gasteiger partial charge in [-0.05, 0) is 37.1 Å². The number of likely N-dealkylation sites (tertiary alicyclic amines) is 1. The number of anilines is 1. The number of rotatable bonds is 4. The fourth-order valence-electron chi connectivity index (χ4n) is 3.42. The summed E-state index contributed by atoms with van der Waals surface area (Å²) in [4.78, 5) is 16.6. The lowest BCUT2D eigenvalue weighted by Crippen LogP contribution is -2.31. The molecule has 4 rings (SSSR count). The van der Waals surface area contributed by atoms with Gasteiger partial charge in [-0.15, -0.1) is 10.2 Å². The van der Waals surface area contributed by atoms with E-state index in [0.29, 0.717) is 18.8 Å². The molecule has 0 aliphatic carbocycles. The number of hydrogen-bond acceptors (Lipinski definition) is 5. The highest BCUT2D eigenvalue weighted by molar-refractivity contribution is 5.92. The second kappa shape index (κ2) is 7.09. The molecule has 0 spiro atoms. The van der Waals surface area contributed by atoms with E-state index in [1.807, 2.05) is 36.4 Å². The van der Waals surface area contributed by atoms with Gasteiger partial charge >= 0.3 is 0 Å². The Morgan fingerprint density at radius 1 is 1.00 bits per heavy atom. The lowest BCUT2D eigenvalue weighted by atomic mass is 10.3. The molecule has 2 saturated heterocycles. The lowest BCUT2D eigenvalue weighted by Gasteiger charge is -2.18. The van der Waals surface area contributed by atoms with Crippen LogP contribution in [0.1, 0.15) is 29.8 Å². The van der Waals surface area contributed by atoms with Crippen LogP contribution in [0.15, 0.2) is 42.5 Å². The van der Waals surface area contributed by atoms with Crippen LogP contribution in [0.5, 0.6) is 5.75 Å². The highest BCUT2D eigenvalue weighted by Gasteiger charge is 2.29. The lowest BCUT2D eigenvalue weighted by molar-refractivity contribution is 0.0765. The summed E-state index contributed by atoms with van der Waals surface area (Å²) in [6.07, 6.45) is 3.25. The Labute approximate surface area is 147 Å². The summed E-state index contributed by atoms with van der Waals surface area (Å²) in [7, 11) is 0. The Morgan fingerprint density at radius 2 is 1.80 bits per heavy atom. The van der Waals surface area contributed by atoms with Crippen molar-refractivity contribution in [3.05, 3.63) is 48.2 Å². The number of hydrogen-bond donors (Lipinski definition) is 0. The van der Waals surface area contributed by atoms with E-state index in [0.717, 1.165) is 31.1 Å². The number of amides is 1. The van der Waals surface area contributed by atoms with Gasteiger partial charge in [0, 0.05) is 26.1 Å². The minimum absolute atomic E-state index is 0.0307. The van der Waals surface area contributed by atoms with Gasteiger partial charge in [-0.25, -0.2) is 0 Å². The van der Waals surface area contributed by atoms with E-state index in [2.05, 4.69) is 15.1 Å². The van der Waals surface area contributed by atoms with E-state index >= 15 is 0 Å². The molecule has 1 atom stereocenters. The number of para-hydroxylation sites is 1. The van der Waals surface area contributed by atoms with Crippen LogP contribution in [0.25, 0.3) is 0 Å². The molecule has 2 aliphatic rings. The van der Waals surface area contributed by atoms with Crippen molar-refractivity contribution in [2.45, 2.75) is 25.4 Å². The van der Waals surface area contributed by atoms with Crippen LogP contribution >= 0.6 is 0 Å². The first-order valence-electron chi connectivity index (χ1n) is 8.89. The summed E-state index contributed by atoms with van der Waals surface area (Å²) in [5.41, 5.74) is 0.406. The van der Waals surface area contributed by atoms with E-state index in [1.54, 1.807) is 11.0 Å². The Morgan fingerprint density at radius 3 is 2.52 bits per heavy atom. The zero-order chi connectivity index (χ0) is 17.1. The number of nitrogens with zero attached hydrogens (tertiary/aromatic N) is 4. The van der Waals surface area contributed by atoms with Gasteiger partial charge < -0.3 is 14.5 Å². The topological polar surface area (TPSA) is 58.6 Å². The second-order valence-electron chi connectivity index (χ2n) is 6.56. The fourth-order valence-corrected chi connectivity index (χ4v) is 3.42. The van der Waals surface area contributed by atoms with Crippen molar-refractivity contribution in [2.24, 2.45) is 0 Å². The Kier molecular flexibility index (Phi) is 4.50. The van der Waals surface area contributed by atoms with E-state index in [9.17, 15) is 4.79 Å². The molecule has 6 nitrogen and oxygen atoms in total. The molecule has 0 N–H and O–H groups in total. The molecule has 130 valence electrons. The van der Waals surface area contributed by atoms with Gasteiger partial charge in [0.25, 0.3) is 5.91 Å². The third kappa shape index (κ3) is 3.57. The summed E-state index contributed by atoms with van der Waals surface area (Å²) in [5.74, 6) is 1.64. The first-order valence-corrected chi connectivity index (χ1v) is 8.89. The Bertz CT molecular complexity index is 714. The van der Waals surface area contributed by atoms with Gasteiger partial charge in [0.1, 0.15) is 11.9 Å². The quantitative estimate of drug-likeness (QED) is 0.857. The van der Waals surface area contributed by atoms with E-state index in [4.69, 9.17) is 4.74 Å². The molecule has 3 heterocycles. The maximum Gasteiger partial charge on any atom is 0.274 e. The molecule has 1 aromatic carbocycles. The molecular formula is C19H22N4O2. The van der Waals surface area contributed by atoms with Crippen LogP contribution in [0.4, 0.5) is 5.82 Å². The molecule has 25 heavy (non-hydrogen) atoms. The maximum atomic E-state index is 12.6. The Hall–Kier alpha value is -2.63. The fraction of sp³-hybridized carbons (Fsp3) is 0.421. The summed E-state index contributed by atoms with van der Waals surface area (Å²) < 4.78 is 5.94. The van der Waals surface area contributed by atoms with Crippen LogP contribution in [-0.2, 0) is 0 Å². The van der Waals surface area contributed by atoms with Gasteiger partial charge in [0.05, 0.1) is 6.54 Å². The zero-order valence-corrected chi connectivity index (χ0v) is 14.2. The highest BCUT2D eigenvalue weighted by Crippen LogP contribution is 2.20. The summed E-state index contributed by atoms with van der Waals surface area (Å²) >= 11 is 0. The number of aromatic nitrogens is 2. The predicted molar refractivity (Wildman–Crippen MR) is 94.9 cm³/mol. The summed E-state index contributed by atoms with van der Waals surface area (Å²) in [6, 6.07) is 13.4.